The van der Waals surface area contributed by atoms with Crippen LogP contribution in [0.5, 0.6) is 0 Å². The maximum absolute atomic E-state index is 11.9. The zero-order valence-corrected chi connectivity index (χ0v) is 13.4. The van der Waals surface area contributed by atoms with Gasteiger partial charge < -0.3 is 19.4 Å². The third-order valence-electron chi connectivity index (χ3n) is 2.93. The summed E-state index contributed by atoms with van der Waals surface area (Å²) in [7, 11) is 0. The van der Waals surface area contributed by atoms with Crippen LogP contribution in [0.2, 0.25) is 0 Å². The molecule has 142 valence electrons. The molecule has 0 aliphatic heterocycles. The van der Waals surface area contributed by atoms with Crippen molar-refractivity contribution in [3.63, 3.8) is 0 Å². The van der Waals surface area contributed by atoms with Gasteiger partial charge in [0, 0.05) is 25.0 Å². The fourth-order valence-electron chi connectivity index (χ4n) is 1.69. The van der Waals surface area contributed by atoms with Crippen LogP contribution in [0.15, 0.2) is 57.9 Å². The van der Waals surface area contributed by atoms with Crippen LogP contribution >= 0.6 is 0 Å². The topological polar surface area (TPSA) is 118 Å². The van der Waals surface area contributed by atoms with Crippen LogP contribution in [0.25, 0.3) is 11.5 Å². The lowest BCUT2D eigenvalue weighted by atomic mass is 10.2. The first-order valence-corrected chi connectivity index (χ1v) is 7.25. The van der Waals surface area contributed by atoms with E-state index in [-0.39, 0.29) is 11.6 Å². The Morgan fingerprint density at radius 2 is 1.93 bits per heavy atom. The van der Waals surface area contributed by atoms with Crippen molar-refractivity contribution in [1.82, 2.24) is 15.5 Å². The Bertz CT molecular complexity index is 876. The lowest BCUT2D eigenvalue weighted by Gasteiger charge is -2.01. The fourth-order valence-corrected chi connectivity index (χ4v) is 1.69. The number of furan rings is 1. The number of carbonyl (C=O) groups excluding carboxylic acids is 1. The minimum atomic E-state index is -5.08. The second-order valence-corrected chi connectivity index (χ2v) is 4.90. The molecule has 3 rings (SSSR count). The molecule has 2 N–H and O–H groups in total. The number of nitrogens with zero attached hydrogens (tertiary/aromatic N) is 2. The first-order chi connectivity index (χ1) is 12.8. The molecular weight excluding hydrogens is 371 g/mol. The summed E-state index contributed by atoms with van der Waals surface area (Å²) >= 11 is 0. The van der Waals surface area contributed by atoms with E-state index in [2.05, 4.69) is 15.5 Å². The van der Waals surface area contributed by atoms with Gasteiger partial charge in [-0.25, -0.2) is 4.79 Å². The number of carbonyl (C=O) groups is 2. The van der Waals surface area contributed by atoms with Crippen molar-refractivity contribution in [2.24, 2.45) is 0 Å². The summed E-state index contributed by atoms with van der Waals surface area (Å²) in [6.45, 7) is 0.385. The molecule has 3 aromatic heterocycles. The number of carboxylic acids is 1. The Morgan fingerprint density at radius 3 is 2.48 bits per heavy atom. The van der Waals surface area contributed by atoms with Crippen LogP contribution in [-0.4, -0.2) is 33.3 Å². The summed E-state index contributed by atoms with van der Waals surface area (Å²) in [5.41, 5.74) is 1.12. The van der Waals surface area contributed by atoms with Gasteiger partial charge in [0.1, 0.15) is 0 Å². The fraction of sp³-hybridized carbons (Fsp3) is 0.125. The van der Waals surface area contributed by atoms with Gasteiger partial charge in [0.25, 0.3) is 5.91 Å². The summed E-state index contributed by atoms with van der Waals surface area (Å²) in [6, 6.07) is 8.70. The minimum Gasteiger partial charge on any atom is -0.475 e. The van der Waals surface area contributed by atoms with E-state index in [1.165, 1.54) is 12.3 Å². The van der Waals surface area contributed by atoms with E-state index in [4.69, 9.17) is 18.8 Å². The molecule has 0 fully saturated rings. The Labute approximate surface area is 149 Å². The Kier molecular flexibility index (Phi) is 6.31. The van der Waals surface area contributed by atoms with Crippen LogP contribution in [0, 0.1) is 0 Å². The number of pyridine rings is 1. The highest BCUT2D eigenvalue weighted by atomic mass is 19.4. The molecule has 11 heteroatoms. The molecule has 0 aliphatic carbocycles. The Hall–Kier alpha value is -3.63. The van der Waals surface area contributed by atoms with E-state index in [0.29, 0.717) is 18.1 Å². The minimum absolute atomic E-state index is 0.209. The van der Waals surface area contributed by atoms with Gasteiger partial charge in [-0.2, -0.15) is 13.2 Å². The summed E-state index contributed by atoms with van der Waals surface area (Å²) in [5, 5.41) is 13.6. The molecule has 0 saturated carbocycles. The number of hydrogen-bond donors (Lipinski definition) is 2. The van der Waals surface area contributed by atoms with Gasteiger partial charge in [-0.15, -0.1) is 0 Å². The van der Waals surface area contributed by atoms with Crippen molar-refractivity contribution in [2.45, 2.75) is 12.7 Å². The molecular formula is C16H12F3N3O5. The lowest BCUT2D eigenvalue weighted by Crippen LogP contribution is -2.23. The van der Waals surface area contributed by atoms with Crippen LogP contribution in [0.1, 0.15) is 16.1 Å². The van der Waals surface area contributed by atoms with Crippen molar-refractivity contribution in [1.29, 1.82) is 0 Å². The third-order valence-corrected chi connectivity index (χ3v) is 2.93. The number of carboxylic acid groups (broad SMARTS) is 1. The highest BCUT2D eigenvalue weighted by Gasteiger charge is 2.38. The normalized spacial score (nSPS) is 10.6. The molecule has 0 spiro atoms. The molecule has 0 aromatic carbocycles. The summed E-state index contributed by atoms with van der Waals surface area (Å²) in [6.07, 6.45) is -0.185. The lowest BCUT2D eigenvalue weighted by molar-refractivity contribution is -0.192. The first kappa shape index (κ1) is 19.7. The molecule has 0 saturated heterocycles. The maximum Gasteiger partial charge on any atom is 0.490 e. The molecule has 0 bridgehead atoms. The molecule has 1 amide bonds. The van der Waals surface area contributed by atoms with E-state index >= 15 is 0 Å². The van der Waals surface area contributed by atoms with Gasteiger partial charge >= 0.3 is 12.1 Å². The molecule has 3 heterocycles. The van der Waals surface area contributed by atoms with Gasteiger partial charge in [-0.3, -0.25) is 9.78 Å². The van der Waals surface area contributed by atoms with Crippen molar-refractivity contribution >= 4 is 11.9 Å². The van der Waals surface area contributed by atoms with Crippen molar-refractivity contribution in [2.75, 3.05) is 0 Å². The Balaban J connectivity index is 0.000000321. The molecule has 8 nitrogen and oxygen atoms in total. The molecule has 0 unspecified atom stereocenters. The zero-order chi connectivity index (χ0) is 19.9. The predicted molar refractivity (Wildman–Crippen MR) is 83.3 cm³/mol. The first-order valence-electron chi connectivity index (χ1n) is 7.25. The molecule has 27 heavy (non-hydrogen) atoms. The molecule has 3 aromatic rings. The van der Waals surface area contributed by atoms with Crippen molar-refractivity contribution in [3.8, 4) is 11.5 Å². The second-order valence-electron chi connectivity index (χ2n) is 4.90. The van der Waals surface area contributed by atoms with Crippen molar-refractivity contribution < 1.29 is 36.8 Å². The van der Waals surface area contributed by atoms with Crippen molar-refractivity contribution in [3.05, 3.63) is 60.2 Å². The van der Waals surface area contributed by atoms with Crippen LogP contribution < -0.4 is 5.32 Å². The average molecular weight is 383 g/mol. The average Bonchev–Trinajstić information content (AvgIpc) is 3.31. The predicted octanol–water partition coefficient (Wildman–Crippen LogP) is 2.89. The van der Waals surface area contributed by atoms with Gasteiger partial charge in [-0.1, -0.05) is 11.2 Å². The van der Waals surface area contributed by atoms with E-state index in [9.17, 15) is 18.0 Å². The number of rotatable bonds is 4. The largest absolute Gasteiger partial charge is 0.490 e. The van der Waals surface area contributed by atoms with Gasteiger partial charge in [-0.05, 0) is 23.8 Å². The number of amides is 1. The van der Waals surface area contributed by atoms with E-state index < -0.39 is 12.1 Å². The summed E-state index contributed by atoms with van der Waals surface area (Å²) < 4.78 is 42.0. The Morgan fingerprint density at radius 1 is 1.19 bits per heavy atom. The summed E-state index contributed by atoms with van der Waals surface area (Å²) in [4.78, 5) is 24.8. The number of nitrogens with one attached hydrogen (secondary N) is 1. The number of halogens is 3. The van der Waals surface area contributed by atoms with E-state index in [0.717, 1.165) is 5.56 Å². The number of aromatic nitrogens is 2. The molecule has 0 aliphatic rings. The van der Waals surface area contributed by atoms with Gasteiger partial charge in [0.15, 0.2) is 11.5 Å². The monoisotopic (exact) mass is 383 g/mol. The standard InChI is InChI=1S/C14H11N3O3.C2HF3O2/c18-14(16-9-10-3-1-5-15-8-10)11-7-13(20-17-11)12-4-2-6-19-12;3-2(4,5)1(6)7/h1-8H,9H2,(H,16,18);(H,6,7). The quantitative estimate of drug-likeness (QED) is 0.711. The zero-order valence-electron chi connectivity index (χ0n) is 13.4. The molecule has 0 atom stereocenters. The van der Waals surface area contributed by atoms with Crippen LogP contribution in [0.3, 0.4) is 0 Å². The van der Waals surface area contributed by atoms with Gasteiger partial charge in [0.05, 0.1) is 6.26 Å². The maximum atomic E-state index is 11.9. The SMILES string of the molecule is O=C(NCc1cccnc1)c1cc(-c2ccco2)on1.O=C(O)C(F)(F)F. The number of alkyl halides is 3. The second kappa shape index (κ2) is 8.65. The smallest absolute Gasteiger partial charge is 0.475 e. The highest BCUT2D eigenvalue weighted by Crippen LogP contribution is 2.20. The summed E-state index contributed by atoms with van der Waals surface area (Å²) in [5.74, 6) is -2.12. The van der Waals surface area contributed by atoms with E-state index in [1.54, 1.807) is 24.5 Å². The number of aliphatic carboxylic acids is 1. The molecule has 0 radical (unpaired) electrons. The van der Waals surface area contributed by atoms with Crippen LogP contribution in [-0.2, 0) is 11.3 Å². The number of hydrogen-bond acceptors (Lipinski definition) is 6. The third kappa shape index (κ3) is 5.99. The van der Waals surface area contributed by atoms with Gasteiger partial charge in [0.2, 0.25) is 5.76 Å². The van der Waals surface area contributed by atoms with E-state index in [1.807, 2.05) is 12.1 Å². The highest BCUT2D eigenvalue weighted by molar-refractivity contribution is 5.92. The van der Waals surface area contributed by atoms with Crippen LogP contribution in [0.4, 0.5) is 13.2 Å².